The summed E-state index contributed by atoms with van der Waals surface area (Å²) >= 11 is 0. The Morgan fingerprint density at radius 1 is 1.55 bits per heavy atom. The molecule has 0 fully saturated rings. The lowest BCUT2D eigenvalue weighted by Crippen LogP contribution is -2.31. The second-order valence-electron chi connectivity index (χ2n) is 2.26. The molecule has 1 aliphatic heterocycles. The molecule has 56 valence electrons. The Bertz CT molecular complexity index is 296. The van der Waals surface area contributed by atoms with Gasteiger partial charge in [-0.15, -0.1) is 0 Å². The Morgan fingerprint density at radius 3 is 2.64 bits per heavy atom. The number of nitrogens with zero attached hydrogens (tertiary/aromatic N) is 1. The summed E-state index contributed by atoms with van der Waals surface area (Å²) in [5.74, 6) is -0.736. The maximum Gasteiger partial charge on any atom is 0.232 e. The lowest BCUT2D eigenvalue weighted by molar-refractivity contribution is -0.126. The Hall–Kier alpha value is -1.63. The number of allylic oxidation sites excluding steroid dienone is 2. The molecule has 0 aromatic carbocycles. The lowest BCUT2D eigenvalue weighted by atomic mass is 10.0. The summed E-state index contributed by atoms with van der Waals surface area (Å²) in [5, 5.41) is 10.8. The SMILES string of the molecule is CC1=C(C#N)C(=O)CC(=O)N1. The van der Waals surface area contributed by atoms with E-state index in [9.17, 15) is 9.59 Å². The van der Waals surface area contributed by atoms with E-state index in [4.69, 9.17) is 5.26 Å². The van der Waals surface area contributed by atoms with E-state index in [-0.39, 0.29) is 17.9 Å². The molecular weight excluding hydrogens is 144 g/mol. The number of hydrogen-bond donors (Lipinski definition) is 1. The maximum absolute atomic E-state index is 10.9. The van der Waals surface area contributed by atoms with E-state index in [1.54, 1.807) is 6.07 Å². The highest BCUT2D eigenvalue weighted by Gasteiger charge is 2.22. The summed E-state index contributed by atoms with van der Waals surface area (Å²) in [4.78, 5) is 21.6. The van der Waals surface area contributed by atoms with Crippen LogP contribution in [0.2, 0.25) is 0 Å². The molecule has 0 atom stereocenters. The van der Waals surface area contributed by atoms with Gasteiger partial charge in [-0.3, -0.25) is 9.59 Å². The van der Waals surface area contributed by atoms with Crippen LogP contribution in [0.4, 0.5) is 0 Å². The van der Waals surface area contributed by atoms with Gasteiger partial charge < -0.3 is 5.32 Å². The minimum absolute atomic E-state index is 0.0598. The van der Waals surface area contributed by atoms with Gasteiger partial charge in [-0.1, -0.05) is 0 Å². The standard InChI is InChI=1S/C7H6N2O2/c1-4-5(3-8)6(10)2-7(11)9-4/h2H2,1H3,(H,9,11). The fourth-order valence-corrected chi connectivity index (χ4v) is 0.905. The van der Waals surface area contributed by atoms with Crippen molar-refractivity contribution < 1.29 is 9.59 Å². The molecule has 1 aliphatic rings. The van der Waals surface area contributed by atoms with Crippen LogP contribution < -0.4 is 5.32 Å². The minimum Gasteiger partial charge on any atom is -0.328 e. The van der Waals surface area contributed by atoms with Crippen LogP contribution in [-0.4, -0.2) is 11.7 Å². The zero-order chi connectivity index (χ0) is 8.43. The fourth-order valence-electron chi connectivity index (χ4n) is 0.905. The van der Waals surface area contributed by atoms with E-state index < -0.39 is 5.78 Å². The molecule has 1 amide bonds. The predicted molar refractivity (Wildman–Crippen MR) is 36.1 cm³/mol. The van der Waals surface area contributed by atoms with Crippen molar-refractivity contribution in [3.05, 3.63) is 11.3 Å². The summed E-state index contributed by atoms with van der Waals surface area (Å²) in [5.41, 5.74) is 0.415. The summed E-state index contributed by atoms with van der Waals surface area (Å²) in [6.07, 6.45) is -0.208. The summed E-state index contributed by atoms with van der Waals surface area (Å²) in [6.45, 7) is 1.54. The Balaban J connectivity index is 3.07. The van der Waals surface area contributed by atoms with Crippen LogP contribution >= 0.6 is 0 Å². The summed E-state index contributed by atoms with van der Waals surface area (Å²) in [6, 6.07) is 1.74. The van der Waals surface area contributed by atoms with Crippen LogP contribution in [-0.2, 0) is 9.59 Å². The average Bonchev–Trinajstić information content (AvgIpc) is 1.85. The Labute approximate surface area is 63.5 Å². The highest BCUT2D eigenvalue weighted by atomic mass is 16.2. The number of ketones is 1. The predicted octanol–water partition coefficient (Wildman–Crippen LogP) is -0.127. The van der Waals surface area contributed by atoms with Gasteiger partial charge >= 0.3 is 0 Å². The number of rotatable bonds is 0. The molecule has 0 aliphatic carbocycles. The second-order valence-corrected chi connectivity index (χ2v) is 2.26. The molecule has 0 bridgehead atoms. The molecule has 0 saturated carbocycles. The van der Waals surface area contributed by atoms with Crippen molar-refractivity contribution in [1.82, 2.24) is 5.32 Å². The largest absolute Gasteiger partial charge is 0.328 e. The van der Waals surface area contributed by atoms with Gasteiger partial charge in [-0.25, -0.2) is 0 Å². The number of carbonyl (C=O) groups is 2. The van der Waals surface area contributed by atoms with Crippen molar-refractivity contribution in [2.45, 2.75) is 13.3 Å². The molecule has 0 spiro atoms. The molecule has 0 radical (unpaired) electrons. The van der Waals surface area contributed by atoms with Crippen LogP contribution in [0.15, 0.2) is 11.3 Å². The van der Waals surface area contributed by atoms with Crippen LogP contribution in [0.3, 0.4) is 0 Å². The van der Waals surface area contributed by atoms with Gasteiger partial charge in [-0.2, -0.15) is 5.26 Å². The molecule has 11 heavy (non-hydrogen) atoms. The van der Waals surface area contributed by atoms with Crippen LogP contribution in [0.25, 0.3) is 0 Å². The average molecular weight is 150 g/mol. The number of nitriles is 1. The molecule has 4 heteroatoms. The molecular formula is C7H6N2O2. The van der Waals surface area contributed by atoms with Gasteiger partial charge in [0.05, 0.1) is 6.42 Å². The molecule has 1 heterocycles. The van der Waals surface area contributed by atoms with E-state index in [1.165, 1.54) is 6.92 Å². The monoisotopic (exact) mass is 150 g/mol. The zero-order valence-electron chi connectivity index (χ0n) is 5.97. The van der Waals surface area contributed by atoms with E-state index in [0.29, 0.717) is 5.70 Å². The van der Waals surface area contributed by atoms with Crippen molar-refractivity contribution in [3.8, 4) is 6.07 Å². The number of Topliss-reactive ketones (excluding diaryl/α,β-unsaturated/α-hetero) is 1. The smallest absolute Gasteiger partial charge is 0.232 e. The number of carbonyl (C=O) groups excluding carboxylic acids is 2. The number of nitrogens with one attached hydrogen (secondary N) is 1. The summed E-state index contributed by atoms with van der Waals surface area (Å²) in [7, 11) is 0. The van der Waals surface area contributed by atoms with E-state index in [2.05, 4.69) is 5.32 Å². The van der Waals surface area contributed by atoms with Crippen molar-refractivity contribution in [2.24, 2.45) is 0 Å². The first-order chi connectivity index (χ1) is 5.15. The van der Waals surface area contributed by atoms with Gasteiger partial charge in [0, 0.05) is 5.70 Å². The van der Waals surface area contributed by atoms with Gasteiger partial charge in [0.25, 0.3) is 0 Å². The molecule has 0 aromatic heterocycles. The Morgan fingerprint density at radius 2 is 2.18 bits per heavy atom. The summed E-state index contributed by atoms with van der Waals surface area (Å²) < 4.78 is 0. The normalized spacial score (nSPS) is 17.8. The third-order valence-electron chi connectivity index (χ3n) is 1.41. The van der Waals surface area contributed by atoms with Gasteiger partial charge in [-0.05, 0) is 6.92 Å². The third-order valence-corrected chi connectivity index (χ3v) is 1.41. The van der Waals surface area contributed by atoms with Crippen molar-refractivity contribution >= 4 is 11.7 Å². The number of hydrogen-bond acceptors (Lipinski definition) is 3. The van der Waals surface area contributed by atoms with Gasteiger partial charge in [0.2, 0.25) is 5.91 Å². The van der Waals surface area contributed by atoms with Gasteiger partial charge in [0.15, 0.2) is 5.78 Å². The molecule has 0 saturated heterocycles. The third kappa shape index (κ3) is 1.27. The maximum atomic E-state index is 10.9. The lowest BCUT2D eigenvalue weighted by Gasteiger charge is -2.11. The first-order valence-corrected chi connectivity index (χ1v) is 3.09. The van der Waals surface area contributed by atoms with E-state index in [1.807, 2.05) is 0 Å². The minimum atomic E-state index is -0.395. The highest BCUT2D eigenvalue weighted by Crippen LogP contribution is 2.09. The Kier molecular flexibility index (Phi) is 1.73. The first-order valence-electron chi connectivity index (χ1n) is 3.09. The van der Waals surface area contributed by atoms with Crippen molar-refractivity contribution in [1.29, 1.82) is 5.26 Å². The molecule has 1 rings (SSSR count). The van der Waals surface area contributed by atoms with Gasteiger partial charge in [0.1, 0.15) is 11.6 Å². The second kappa shape index (κ2) is 2.54. The van der Waals surface area contributed by atoms with Crippen molar-refractivity contribution in [2.75, 3.05) is 0 Å². The van der Waals surface area contributed by atoms with Crippen LogP contribution in [0.1, 0.15) is 13.3 Å². The molecule has 1 N–H and O–H groups in total. The molecule has 0 unspecified atom stereocenters. The topological polar surface area (TPSA) is 70.0 Å². The molecule has 0 aromatic rings. The zero-order valence-corrected chi connectivity index (χ0v) is 5.97. The van der Waals surface area contributed by atoms with Crippen LogP contribution in [0, 0.1) is 11.3 Å². The first kappa shape index (κ1) is 7.48. The quantitative estimate of drug-likeness (QED) is 0.489. The van der Waals surface area contributed by atoms with E-state index in [0.717, 1.165) is 0 Å². The number of amides is 1. The fraction of sp³-hybridized carbons (Fsp3) is 0.286. The van der Waals surface area contributed by atoms with Crippen LogP contribution in [0.5, 0.6) is 0 Å². The molecule has 4 nitrogen and oxygen atoms in total. The van der Waals surface area contributed by atoms with Crippen molar-refractivity contribution in [3.63, 3.8) is 0 Å². The highest BCUT2D eigenvalue weighted by molar-refractivity contribution is 6.12. The van der Waals surface area contributed by atoms with E-state index >= 15 is 0 Å².